The first-order chi connectivity index (χ1) is 8.63. The van der Waals surface area contributed by atoms with Crippen molar-refractivity contribution in [2.45, 2.75) is 32.9 Å². The number of aliphatic hydroxyl groups excluding tert-OH is 1. The fourth-order valence-corrected chi connectivity index (χ4v) is 2.27. The van der Waals surface area contributed by atoms with Gasteiger partial charge in [0, 0.05) is 25.4 Å². The van der Waals surface area contributed by atoms with Crippen LogP contribution >= 0.6 is 15.9 Å². The van der Waals surface area contributed by atoms with Crippen LogP contribution in [0.4, 0.5) is 0 Å². The van der Waals surface area contributed by atoms with E-state index in [-0.39, 0.29) is 0 Å². The molecule has 96 valence electrons. The van der Waals surface area contributed by atoms with Crippen molar-refractivity contribution >= 4 is 15.9 Å². The second-order valence-electron chi connectivity index (χ2n) is 3.99. The second-order valence-corrected chi connectivity index (χ2v) is 4.78. The van der Waals surface area contributed by atoms with Gasteiger partial charge in [-0.3, -0.25) is 4.68 Å². The zero-order valence-electron chi connectivity index (χ0n) is 10.3. The smallest absolute Gasteiger partial charge is 0.157 e. The van der Waals surface area contributed by atoms with Crippen LogP contribution < -0.4 is 0 Å². The monoisotopic (exact) mass is 310 g/mol. The lowest BCUT2D eigenvalue weighted by molar-refractivity contribution is 0.165. The highest BCUT2D eigenvalue weighted by atomic mass is 79.9. The SMILES string of the molecule is CCn1nc(C)c(Br)c1CC(O)c1ncccn1. The van der Waals surface area contributed by atoms with E-state index in [0.29, 0.717) is 12.2 Å². The van der Waals surface area contributed by atoms with Gasteiger partial charge in [0.15, 0.2) is 5.82 Å². The van der Waals surface area contributed by atoms with Gasteiger partial charge in [0.1, 0.15) is 6.10 Å². The van der Waals surface area contributed by atoms with Crippen molar-refractivity contribution in [3.05, 3.63) is 40.1 Å². The lowest BCUT2D eigenvalue weighted by atomic mass is 10.1. The van der Waals surface area contributed by atoms with Gasteiger partial charge in [-0.15, -0.1) is 0 Å². The van der Waals surface area contributed by atoms with Gasteiger partial charge in [-0.1, -0.05) is 0 Å². The number of hydrogen-bond donors (Lipinski definition) is 1. The molecule has 2 aromatic rings. The van der Waals surface area contributed by atoms with E-state index in [9.17, 15) is 5.11 Å². The Bertz CT molecular complexity index is 526. The second kappa shape index (κ2) is 5.58. The van der Waals surface area contributed by atoms with Crippen LogP contribution in [0.25, 0.3) is 0 Å². The minimum Gasteiger partial charge on any atom is -0.385 e. The predicted octanol–water partition coefficient (Wildman–Crippen LogP) is 2.04. The molecule has 1 N–H and O–H groups in total. The van der Waals surface area contributed by atoms with E-state index in [2.05, 4.69) is 31.0 Å². The van der Waals surface area contributed by atoms with Gasteiger partial charge >= 0.3 is 0 Å². The third kappa shape index (κ3) is 2.59. The Hall–Kier alpha value is -1.27. The van der Waals surface area contributed by atoms with E-state index < -0.39 is 6.10 Å². The van der Waals surface area contributed by atoms with Crippen molar-refractivity contribution in [3.63, 3.8) is 0 Å². The highest BCUT2D eigenvalue weighted by Gasteiger charge is 2.18. The predicted molar refractivity (Wildman–Crippen MR) is 71.0 cm³/mol. The highest BCUT2D eigenvalue weighted by Crippen LogP contribution is 2.25. The van der Waals surface area contributed by atoms with Crippen LogP contribution in [0.2, 0.25) is 0 Å². The number of aliphatic hydroxyl groups is 1. The maximum Gasteiger partial charge on any atom is 0.157 e. The Morgan fingerprint density at radius 3 is 2.67 bits per heavy atom. The Morgan fingerprint density at radius 2 is 2.06 bits per heavy atom. The maximum atomic E-state index is 10.1. The number of aromatic nitrogens is 4. The Kier molecular flexibility index (Phi) is 4.08. The van der Waals surface area contributed by atoms with Crippen LogP contribution in [-0.2, 0) is 13.0 Å². The molecule has 2 rings (SSSR count). The molecule has 18 heavy (non-hydrogen) atoms. The summed E-state index contributed by atoms with van der Waals surface area (Å²) in [6.07, 6.45) is 2.98. The maximum absolute atomic E-state index is 10.1. The van der Waals surface area contributed by atoms with Crippen molar-refractivity contribution < 1.29 is 5.11 Å². The quantitative estimate of drug-likeness (QED) is 0.938. The summed E-state index contributed by atoms with van der Waals surface area (Å²) in [6.45, 7) is 4.73. The largest absolute Gasteiger partial charge is 0.385 e. The summed E-state index contributed by atoms with van der Waals surface area (Å²) >= 11 is 3.51. The molecule has 1 unspecified atom stereocenters. The number of nitrogens with zero attached hydrogens (tertiary/aromatic N) is 4. The molecule has 0 bridgehead atoms. The summed E-state index contributed by atoms with van der Waals surface area (Å²) in [6, 6.07) is 1.73. The van der Waals surface area contributed by atoms with Crippen LogP contribution in [-0.4, -0.2) is 24.9 Å². The standard InChI is InChI=1S/C12H15BrN4O/c1-3-17-9(11(13)8(2)16-17)7-10(18)12-14-5-4-6-15-12/h4-6,10,18H,3,7H2,1-2H3. The first kappa shape index (κ1) is 13.2. The number of hydrogen-bond acceptors (Lipinski definition) is 4. The molecule has 0 fully saturated rings. The number of aryl methyl sites for hydroxylation is 2. The van der Waals surface area contributed by atoms with Gasteiger partial charge in [-0.2, -0.15) is 5.10 Å². The normalized spacial score (nSPS) is 12.7. The van der Waals surface area contributed by atoms with Gasteiger partial charge in [0.2, 0.25) is 0 Å². The first-order valence-corrected chi connectivity index (χ1v) is 6.59. The fraction of sp³-hybridized carbons (Fsp3) is 0.417. The summed E-state index contributed by atoms with van der Waals surface area (Å²) in [5, 5.41) is 14.5. The number of halogens is 1. The van der Waals surface area contributed by atoms with E-state index in [1.807, 2.05) is 18.5 Å². The molecule has 0 aliphatic rings. The third-order valence-electron chi connectivity index (χ3n) is 2.72. The van der Waals surface area contributed by atoms with E-state index in [1.165, 1.54) is 0 Å². The van der Waals surface area contributed by atoms with Gasteiger partial charge in [0.05, 0.1) is 15.9 Å². The molecule has 0 radical (unpaired) electrons. The summed E-state index contributed by atoms with van der Waals surface area (Å²) in [4.78, 5) is 8.12. The molecule has 6 heteroatoms. The average Bonchev–Trinajstić information content (AvgIpc) is 2.67. The molecule has 0 aromatic carbocycles. The molecule has 5 nitrogen and oxygen atoms in total. The summed E-state index contributed by atoms with van der Waals surface area (Å²) < 4.78 is 2.82. The molecule has 0 spiro atoms. The summed E-state index contributed by atoms with van der Waals surface area (Å²) in [5.41, 5.74) is 1.89. The lowest BCUT2D eigenvalue weighted by Gasteiger charge is -2.10. The molecule has 2 heterocycles. The minimum atomic E-state index is -0.719. The van der Waals surface area contributed by atoms with Gasteiger partial charge in [-0.25, -0.2) is 9.97 Å². The van der Waals surface area contributed by atoms with E-state index in [4.69, 9.17) is 0 Å². The molecular formula is C12H15BrN4O. The van der Waals surface area contributed by atoms with Crippen LogP contribution in [0.1, 0.15) is 30.2 Å². The Balaban J connectivity index is 2.24. The molecule has 0 saturated carbocycles. The Morgan fingerprint density at radius 1 is 1.39 bits per heavy atom. The van der Waals surface area contributed by atoms with Crippen molar-refractivity contribution in [1.29, 1.82) is 0 Å². The molecule has 2 aromatic heterocycles. The third-order valence-corrected chi connectivity index (χ3v) is 3.75. The molecule has 0 aliphatic carbocycles. The van der Waals surface area contributed by atoms with Crippen molar-refractivity contribution in [1.82, 2.24) is 19.7 Å². The molecule has 1 atom stereocenters. The van der Waals surface area contributed by atoms with Gasteiger partial charge in [-0.05, 0) is 35.8 Å². The van der Waals surface area contributed by atoms with Crippen molar-refractivity contribution in [3.8, 4) is 0 Å². The van der Waals surface area contributed by atoms with E-state index >= 15 is 0 Å². The van der Waals surface area contributed by atoms with Gasteiger partial charge in [0.25, 0.3) is 0 Å². The first-order valence-electron chi connectivity index (χ1n) is 5.80. The van der Waals surface area contributed by atoms with E-state index in [0.717, 1.165) is 22.4 Å². The van der Waals surface area contributed by atoms with Crippen molar-refractivity contribution in [2.75, 3.05) is 0 Å². The zero-order valence-corrected chi connectivity index (χ0v) is 11.9. The number of rotatable bonds is 4. The molecule has 0 amide bonds. The topological polar surface area (TPSA) is 63.8 Å². The van der Waals surface area contributed by atoms with Crippen LogP contribution in [0, 0.1) is 6.92 Å². The summed E-state index contributed by atoms with van der Waals surface area (Å²) in [5.74, 6) is 0.436. The zero-order chi connectivity index (χ0) is 13.1. The van der Waals surface area contributed by atoms with Crippen LogP contribution in [0.15, 0.2) is 22.9 Å². The van der Waals surface area contributed by atoms with E-state index in [1.54, 1.807) is 18.5 Å². The fourth-order valence-electron chi connectivity index (χ4n) is 1.82. The van der Waals surface area contributed by atoms with Gasteiger partial charge < -0.3 is 5.11 Å². The minimum absolute atomic E-state index is 0.436. The summed E-state index contributed by atoms with van der Waals surface area (Å²) in [7, 11) is 0. The highest BCUT2D eigenvalue weighted by molar-refractivity contribution is 9.10. The lowest BCUT2D eigenvalue weighted by Crippen LogP contribution is -2.11. The van der Waals surface area contributed by atoms with Crippen molar-refractivity contribution in [2.24, 2.45) is 0 Å². The Labute approximate surface area is 114 Å². The molecule has 0 aliphatic heterocycles. The molecular weight excluding hydrogens is 296 g/mol. The average molecular weight is 311 g/mol. The van der Waals surface area contributed by atoms with Crippen LogP contribution in [0.3, 0.4) is 0 Å². The molecule has 0 saturated heterocycles. The van der Waals surface area contributed by atoms with Crippen LogP contribution in [0.5, 0.6) is 0 Å².